The summed E-state index contributed by atoms with van der Waals surface area (Å²) in [5.74, 6) is -0.980. The molecule has 1 aromatic heterocycles. The van der Waals surface area contributed by atoms with Gasteiger partial charge in [-0.1, -0.05) is 13.3 Å². The van der Waals surface area contributed by atoms with Crippen molar-refractivity contribution in [3.63, 3.8) is 0 Å². The largest absolute Gasteiger partial charge is 0.476 e. The monoisotopic (exact) mass is 222 g/mol. The van der Waals surface area contributed by atoms with Gasteiger partial charge in [0.15, 0.2) is 5.69 Å². The van der Waals surface area contributed by atoms with Crippen molar-refractivity contribution < 1.29 is 9.90 Å². The van der Waals surface area contributed by atoms with Gasteiger partial charge >= 0.3 is 5.97 Å². The lowest BCUT2D eigenvalue weighted by Crippen LogP contribution is -2.30. The molecule has 1 atom stereocenters. The quantitative estimate of drug-likeness (QED) is 0.831. The van der Waals surface area contributed by atoms with Crippen molar-refractivity contribution in [2.24, 2.45) is 0 Å². The van der Waals surface area contributed by atoms with E-state index in [0.29, 0.717) is 11.7 Å². The molecule has 0 bridgehead atoms. The van der Waals surface area contributed by atoms with Crippen LogP contribution in [0.25, 0.3) is 0 Å². The summed E-state index contributed by atoms with van der Waals surface area (Å²) in [6.45, 7) is 4.20. The zero-order valence-electron chi connectivity index (χ0n) is 9.97. The smallest absolute Gasteiger partial charge is 0.356 e. The van der Waals surface area contributed by atoms with E-state index in [1.54, 1.807) is 12.1 Å². The van der Waals surface area contributed by atoms with Crippen LogP contribution in [0.1, 0.15) is 37.2 Å². The topological polar surface area (TPSA) is 53.4 Å². The molecule has 16 heavy (non-hydrogen) atoms. The molecular weight excluding hydrogens is 204 g/mol. The number of anilines is 1. The summed E-state index contributed by atoms with van der Waals surface area (Å²) in [5.41, 5.74) is 0.795. The van der Waals surface area contributed by atoms with Gasteiger partial charge in [0.1, 0.15) is 0 Å². The number of aromatic carboxylic acids is 1. The zero-order chi connectivity index (χ0) is 12.1. The molecule has 0 radical (unpaired) electrons. The molecule has 0 fully saturated rings. The molecule has 0 aromatic carbocycles. The molecule has 4 nitrogen and oxygen atoms in total. The van der Waals surface area contributed by atoms with E-state index < -0.39 is 5.97 Å². The molecule has 0 saturated carbocycles. The molecule has 1 aromatic rings. The first kappa shape index (κ1) is 12.5. The summed E-state index contributed by atoms with van der Waals surface area (Å²) in [6.07, 6.45) is 3.61. The van der Waals surface area contributed by atoms with E-state index >= 15 is 0 Å². The van der Waals surface area contributed by atoms with Gasteiger partial charge in [-0.3, -0.25) is 0 Å². The summed E-state index contributed by atoms with van der Waals surface area (Å²) in [5, 5.41) is 9.04. The van der Waals surface area contributed by atoms with E-state index in [9.17, 15) is 4.79 Å². The lowest BCUT2D eigenvalue weighted by molar-refractivity contribution is 0.0691. The predicted molar refractivity (Wildman–Crippen MR) is 64.0 cm³/mol. The number of hydrogen-bond acceptors (Lipinski definition) is 3. The maximum atomic E-state index is 11.0. The molecule has 0 amide bonds. The fourth-order valence-corrected chi connectivity index (χ4v) is 1.70. The Morgan fingerprint density at radius 3 is 2.88 bits per heavy atom. The van der Waals surface area contributed by atoms with Gasteiger partial charge in [0.05, 0.1) is 5.69 Å². The Labute approximate surface area is 95.9 Å². The maximum absolute atomic E-state index is 11.0. The van der Waals surface area contributed by atoms with E-state index in [1.807, 2.05) is 11.9 Å². The highest BCUT2D eigenvalue weighted by Gasteiger charge is 2.17. The van der Waals surface area contributed by atoms with Crippen LogP contribution >= 0.6 is 0 Å². The molecule has 4 heteroatoms. The van der Waals surface area contributed by atoms with Crippen LogP contribution in [-0.4, -0.2) is 29.1 Å². The highest BCUT2D eigenvalue weighted by Crippen LogP contribution is 2.20. The van der Waals surface area contributed by atoms with Crippen LogP contribution in [-0.2, 0) is 0 Å². The number of rotatable bonds is 5. The third kappa shape index (κ3) is 2.72. The number of carbonyl (C=O) groups is 1. The third-order valence-electron chi connectivity index (χ3n) is 2.74. The molecular formula is C12H18N2O2. The average molecular weight is 222 g/mol. The van der Waals surface area contributed by atoms with Crippen molar-refractivity contribution in [2.75, 3.05) is 11.9 Å². The summed E-state index contributed by atoms with van der Waals surface area (Å²) >= 11 is 0. The van der Waals surface area contributed by atoms with Gasteiger partial charge < -0.3 is 10.0 Å². The molecule has 1 unspecified atom stereocenters. The van der Waals surface area contributed by atoms with Gasteiger partial charge in [-0.05, 0) is 25.5 Å². The van der Waals surface area contributed by atoms with Gasteiger partial charge in [0, 0.05) is 19.3 Å². The normalized spacial score (nSPS) is 12.2. The van der Waals surface area contributed by atoms with E-state index in [-0.39, 0.29) is 5.69 Å². The first-order valence-corrected chi connectivity index (χ1v) is 5.49. The van der Waals surface area contributed by atoms with Crippen molar-refractivity contribution in [2.45, 2.75) is 32.7 Å². The molecule has 1 rings (SSSR count). The molecule has 0 aliphatic heterocycles. The second-order valence-corrected chi connectivity index (χ2v) is 3.92. The van der Waals surface area contributed by atoms with Crippen molar-refractivity contribution in [3.05, 3.63) is 24.0 Å². The van der Waals surface area contributed by atoms with Gasteiger partial charge in [-0.15, -0.1) is 0 Å². The Bertz CT molecular complexity index is 366. The molecule has 1 N–H and O–H groups in total. The van der Waals surface area contributed by atoms with Gasteiger partial charge in [-0.2, -0.15) is 0 Å². The Kier molecular flexibility index (Phi) is 4.28. The number of hydrogen-bond donors (Lipinski definition) is 1. The summed E-state index contributed by atoms with van der Waals surface area (Å²) in [6, 6.07) is 3.87. The van der Waals surface area contributed by atoms with Crippen molar-refractivity contribution in [3.8, 4) is 0 Å². The Balaban J connectivity index is 2.98. The third-order valence-corrected chi connectivity index (χ3v) is 2.74. The van der Waals surface area contributed by atoms with Gasteiger partial charge in [0.25, 0.3) is 0 Å². The van der Waals surface area contributed by atoms with E-state index in [0.717, 1.165) is 12.8 Å². The molecule has 0 aliphatic rings. The Morgan fingerprint density at radius 1 is 1.62 bits per heavy atom. The summed E-state index contributed by atoms with van der Waals surface area (Å²) in [7, 11) is 1.91. The molecule has 0 saturated heterocycles. The average Bonchev–Trinajstić information content (AvgIpc) is 2.28. The van der Waals surface area contributed by atoms with Crippen LogP contribution in [0, 0.1) is 0 Å². The minimum absolute atomic E-state index is 0.118. The minimum Gasteiger partial charge on any atom is -0.476 e. The molecule has 0 spiro atoms. The first-order valence-electron chi connectivity index (χ1n) is 5.49. The van der Waals surface area contributed by atoms with Crippen LogP contribution in [0.4, 0.5) is 5.69 Å². The fraction of sp³-hybridized carbons (Fsp3) is 0.500. The lowest BCUT2D eigenvalue weighted by Gasteiger charge is -2.27. The van der Waals surface area contributed by atoms with E-state index in [2.05, 4.69) is 18.8 Å². The number of carboxylic acids is 1. The Hall–Kier alpha value is -1.58. The SMILES string of the molecule is CCCC(C)N(C)c1cccnc1C(=O)O. The number of carboxylic acid groups (broad SMARTS) is 1. The van der Waals surface area contributed by atoms with E-state index in [4.69, 9.17) is 5.11 Å². The van der Waals surface area contributed by atoms with Crippen molar-refractivity contribution in [1.82, 2.24) is 4.98 Å². The van der Waals surface area contributed by atoms with Crippen molar-refractivity contribution >= 4 is 11.7 Å². The standard InChI is InChI=1S/C12H18N2O2/c1-4-6-9(2)14(3)10-7-5-8-13-11(10)12(15)16/h5,7-9H,4,6H2,1-3H3,(H,15,16). The first-order chi connectivity index (χ1) is 7.57. The molecule has 1 heterocycles. The second kappa shape index (κ2) is 5.49. The van der Waals surface area contributed by atoms with Crippen LogP contribution in [0.2, 0.25) is 0 Å². The highest BCUT2D eigenvalue weighted by molar-refractivity contribution is 5.92. The number of nitrogens with zero attached hydrogens (tertiary/aromatic N) is 2. The van der Waals surface area contributed by atoms with Crippen LogP contribution in [0.15, 0.2) is 18.3 Å². The predicted octanol–water partition coefficient (Wildman–Crippen LogP) is 2.40. The summed E-state index contributed by atoms with van der Waals surface area (Å²) in [4.78, 5) is 16.9. The van der Waals surface area contributed by atoms with Gasteiger partial charge in [-0.25, -0.2) is 9.78 Å². The minimum atomic E-state index is -0.980. The van der Waals surface area contributed by atoms with Gasteiger partial charge in [0.2, 0.25) is 0 Å². The van der Waals surface area contributed by atoms with Crippen molar-refractivity contribution in [1.29, 1.82) is 0 Å². The second-order valence-electron chi connectivity index (χ2n) is 3.92. The molecule has 0 aliphatic carbocycles. The number of aromatic nitrogens is 1. The zero-order valence-corrected chi connectivity index (χ0v) is 9.97. The lowest BCUT2D eigenvalue weighted by atomic mass is 10.1. The fourth-order valence-electron chi connectivity index (χ4n) is 1.70. The van der Waals surface area contributed by atoms with Crippen LogP contribution in [0.5, 0.6) is 0 Å². The van der Waals surface area contributed by atoms with Crippen LogP contribution < -0.4 is 4.90 Å². The summed E-state index contributed by atoms with van der Waals surface area (Å²) < 4.78 is 0. The number of pyridine rings is 1. The van der Waals surface area contributed by atoms with Crippen LogP contribution in [0.3, 0.4) is 0 Å². The maximum Gasteiger partial charge on any atom is 0.356 e. The Morgan fingerprint density at radius 2 is 2.31 bits per heavy atom. The molecule has 88 valence electrons. The highest BCUT2D eigenvalue weighted by atomic mass is 16.4. The van der Waals surface area contributed by atoms with E-state index in [1.165, 1.54) is 6.20 Å².